The molecule has 15 heavy (non-hydrogen) atoms. The van der Waals surface area contributed by atoms with Crippen LogP contribution in [0, 0.1) is 23.3 Å². The van der Waals surface area contributed by atoms with E-state index >= 15 is 0 Å². The maximum atomic E-state index is 12.6. The third kappa shape index (κ3) is 2.65. The molecule has 0 saturated carbocycles. The molecular formula is C6HF6O2P. The fraction of sp³-hybridized carbons (Fsp3) is 0. The van der Waals surface area contributed by atoms with E-state index in [4.69, 9.17) is 0 Å². The predicted molar refractivity (Wildman–Crippen MR) is 36.7 cm³/mol. The van der Waals surface area contributed by atoms with Gasteiger partial charge in [0.25, 0.3) is 0 Å². The average molecular weight is 250 g/mol. The van der Waals surface area contributed by atoms with Gasteiger partial charge in [0.1, 0.15) is 0 Å². The van der Waals surface area contributed by atoms with E-state index in [1.807, 2.05) is 0 Å². The molecule has 2 nitrogen and oxygen atoms in total. The van der Waals surface area contributed by atoms with Gasteiger partial charge in [0.2, 0.25) is 11.6 Å². The summed E-state index contributed by atoms with van der Waals surface area (Å²) < 4.78 is 86.2. The van der Waals surface area contributed by atoms with Crippen LogP contribution in [-0.2, 0) is 4.57 Å². The maximum absolute atomic E-state index is 12.6. The molecule has 0 aliphatic carbocycles. The third-order valence-electron chi connectivity index (χ3n) is 1.27. The average Bonchev–Trinajstić information content (AvgIpc) is 2.08. The molecule has 0 aliphatic heterocycles. The molecule has 9 heteroatoms. The summed E-state index contributed by atoms with van der Waals surface area (Å²) in [4.78, 5) is 0. The molecule has 0 saturated heterocycles. The molecule has 0 amide bonds. The molecule has 84 valence electrons. The summed E-state index contributed by atoms with van der Waals surface area (Å²) in [5.74, 6) is -10.3. The minimum Gasteiger partial charge on any atom is -0.394 e. The quantitative estimate of drug-likeness (QED) is 0.346. The molecule has 0 unspecified atom stereocenters. The first kappa shape index (κ1) is 11.9. The highest BCUT2D eigenvalue weighted by atomic mass is 31.2. The van der Waals surface area contributed by atoms with Crippen molar-refractivity contribution in [3.8, 4) is 5.75 Å². The summed E-state index contributed by atoms with van der Waals surface area (Å²) in [6.45, 7) is 0. The van der Waals surface area contributed by atoms with Gasteiger partial charge >= 0.3 is 7.99 Å². The normalized spacial score (nSPS) is 11.6. The first-order chi connectivity index (χ1) is 6.72. The van der Waals surface area contributed by atoms with Gasteiger partial charge < -0.3 is 4.52 Å². The van der Waals surface area contributed by atoms with Crippen LogP contribution in [0.4, 0.5) is 26.0 Å². The molecule has 0 bridgehead atoms. The van der Waals surface area contributed by atoms with Gasteiger partial charge in [-0.1, -0.05) is 0 Å². The second kappa shape index (κ2) is 3.77. The number of benzene rings is 1. The highest BCUT2D eigenvalue weighted by Gasteiger charge is 2.28. The van der Waals surface area contributed by atoms with Gasteiger partial charge in [0, 0.05) is 6.07 Å². The lowest BCUT2D eigenvalue weighted by Gasteiger charge is -2.05. The molecule has 0 spiro atoms. The Labute approximate surface area is 79.2 Å². The Morgan fingerprint density at radius 3 is 2.00 bits per heavy atom. The second-order valence-corrected chi connectivity index (χ2v) is 3.32. The largest absolute Gasteiger partial charge is 0.610 e. The van der Waals surface area contributed by atoms with Crippen LogP contribution in [0.25, 0.3) is 0 Å². The van der Waals surface area contributed by atoms with Gasteiger partial charge in [0.15, 0.2) is 17.4 Å². The van der Waals surface area contributed by atoms with E-state index in [2.05, 4.69) is 4.52 Å². The van der Waals surface area contributed by atoms with E-state index in [0.29, 0.717) is 0 Å². The van der Waals surface area contributed by atoms with Crippen molar-refractivity contribution in [2.45, 2.75) is 0 Å². The van der Waals surface area contributed by atoms with Crippen molar-refractivity contribution in [2.75, 3.05) is 0 Å². The topological polar surface area (TPSA) is 26.3 Å². The maximum Gasteiger partial charge on any atom is 0.610 e. The summed E-state index contributed by atoms with van der Waals surface area (Å²) in [6.07, 6.45) is 0. The summed E-state index contributed by atoms with van der Waals surface area (Å²) in [7, 11) is -6.17. The number of halogens is 6. The summed E-state index contributed by atoms with van der Waals surface area (Å²) in [5, 5.41) is 0. The molecule has 1 aromatic carbocycles. The van der Waals surface area contributed by atoms with Gasteiger partial charge in [-0.2, -0.15) is 4.39 Å². The molecule has 0 atom stereocenters. The Kier molecular flexibility index (Phi) is 2.99. The number of hydrogen-bond acceptors (Lipinski definition) is 2. The van der Waals surface area contributed by atoms with Crippen molar-refractivity contribution in [1.29, 1.82) is 0 Å². The highest BCUT2D eigenvalue weighted by Crippen LogP contribution is 2.51. The minimum absolute atomic E-state index is 0.167. The molecule has 1 rings (SSSR count). The number of rotatable bonds is 2. The summed E-state index contributed by atoms with van der Waals surface area (Å²) >= 11 is 0. The van der Waals surface area contributed by atoms with Crippen molar-refractivity contribution >= 4 is 7.99 Å². The van der Waals surface area contributed by atoms with Crippen LogP contribution in [0.2, 0.25) is 0 Å². The zero-order valence-electron chi connectivity index (χ0n) is 6.61. The lowest BCUT2D eigenvalue weighted by Crippen LogP contribution is -1.98. The van der Waals surface area contributed by atoms with E-state index in [1.54, 1.807) is 0 Å². The molecule has 0 aromatic heterocycles. The standard InChI is InChI=1S/C6HF6O2P/c7-2-1-3(14-15(11,12)13)5(9)6(10)4(2)8/h1H. The third-order valence-corrected chi connectivity index (χ3v) is 1.68. The van der Waals surface area contributed by atoms with Crippen LogP contribution in [0.1, 0.15) is 0 Å². The fourth-order valence-electron chi connectivity index (χ4n) is 0.732. The van der Waals surface area contributed by atoms with E-state index in [1.165, 1.54) is 0 Å². The predicted octanol–water partition coefficient (Wildman–Crippen LogP) is 3.67. The van der Waals surface area contributed by atoms with E-state index < -0.39 is 37.0 Å². The highest BCUT2D eigenvalue weighted by molar-refractivity contribution is 7.48. The van der Waals surface area contributed by atoms with Crippen LogP contribution in [0.5, 0.6) is 5.75 Å². The Bertz CT molecular complexity index is 442. The zero-order valence-corrected chi connectivity index (χ0v) is 7.50. The van der Waals surface area contributed by atoms with Gasteiger partial charge in [-0.3, -0.25) is 0 Å². The van der Waals surface area contributed by atoms with Gasteiger partial charge in [0.05, 0.1) is 0 Å². The fourth-order valence-corrected chi connectivity index (χ4v) is 1.09. The molecule has 0 N–H and O–H groups in total. The summed E-state index contributed by atoms with van der Waals surface area (Å²) in [6, 6.07) is -0.167. The Balaban J connectivity index is 3.27. The lowest BCUT2D eigenvalue weighted by atomic mass is 10.3. The lowest BCUT2D eigenvalue weighted by molar-refractivity contribution is 0.350. The van der Waals surface area contributed by atoms with Crippen LogP contribution < -0.4 is 4.52 Å². The molecule has 1 aromatic rings. The van der Waals surface area contributed by atoms with Crippen LogP contribution in [0.3, 0.4) is 0 Å². The zero-order chi connectivity index (χ0) is 11.8. The smallest absolute Gasteiger partial charge is 0.394 e. The second-order valence-electron chi connectivity index (χ2n) is 2.30. The van der Waals surface area contributed by atoms with Crippen molar-refractivity contribution in [3.05, 3.63) is 29.3 Å². The van der Waals surface area contributed by atoms with Gasteiger partial charge in [-0.15, -0.1) is 8.39 Å². The first-order valence-electron chi connectivity index (χ1n) is 3.24. The van der Waals surface area contributed by atoms with Crippen molar-refractivity contribution in [3.63, 3.8) is 0 Å². The van der Waals surface area contributed by atoms with Crippen molar-refractivity contribution in [1.82, 2.24) is 0 Å². The van der Waals surface area contributed by atoms with E-state index in [0.717, 1.165) is 0 Å². The minimum atomic E-state index is -6.17. The van der Waals surface area contributed by atoms with Crippen LogP contribution >= 0.6 is 7.99 Å². The first-order valence-corrected chi connectivity index (χ1v) is 4.65. The number of hydrogen-bond donors (Lipinski definition) is 0. The molecule has 0 radical (unpaired) electrons. The molecule has 0 fully saturated rings. The Morgan fingerprint density at radius 2 is 1.53 bits per heavy atom. The molecular weight excluding hydrogens is 249 g/mol. The van der Waals surface area contributed by atoms with Crippen molar-refractivity contribution < 1.29 is 35.0 Å². The Morgan fingerprint density at radius 1 is 1.00 bits per heavy atom. The molecule has 0 heterocycles. The summed E-state index contributed by atoms with van der Waals surface area (Å²) in [5.41, 5.74) is 0. The SMILES string of the molecule is O=P(F)(F)Oc1cc(F)c(F)c(F)c1F. The van der Waals surface area contributed by atoms with Crippen LogP contribution in [-0.4, -0.2) is 0 Å². The van der Waals surface area contributed by atoms with Crippen LogP contribution in [0.15, 0.2) is 6.07 Å². The van der Waals surface area contributed by atoms with Gasteiger partial charge in [-0.25, -0.2) is 17.7 Å². The van der Waals surface area contributed by atoms with Crippen molar-refractivity contribution in [2.24, 2.45) is 0 Å². The van der Waals surface area contributed by atoms with Gasteiger partial charge in [-0.05, 0) is 0 Å². The Hall–Kier alpha value is -1.17. The van der Waals surface area contributed by atoms with E-state index in [9.17, 15) is 30.5 Å². The van der Waals surface area contributed by atoms with E-state index in [-0.39, 0.29) is 6.07 Å². The monoisotopic (exact) mass is 250 g/mol. The molecule has 0 aliphatic rings.